The lowest BCUT2D eigenvalue weighted by Crippen LogP contribution is -2.15. The van der Waals surface area contributed by atoms with Gasteiger partial charge in [-0.25, -0.2) is 4.99 Å². The number of phenols is 2. The Balaban J connectivity index is 1.85. The van der Waals surface area contributed by atoms with Crippen LogP contribution in [-0.2, 0) is 19.2 Å². The quantitative estimate of drug-likeness (QED) is 0.0409. The number of aromatic hydroxyl groups is 2. The number of nitrogens with one attached hydrogen (secondary N) is 1. The molecular formula is C40H53ClN2O6. The molecule has 9 heteroatoms. The summed E-state index contributed by atoms with van der Waals surface area (Å²) in [6.07, 6.45) is 28.2. The third-order valence-corrected chi connectivity index (χ3v) is 8.66. The standard InChI is InChI=1S/C40H53ClN2O6/c1-5-6-7-8-9-10-11-12-13-14-17-20-28(2)25-29(3)26-30(4)40(49)42-32-27-35(46)31(37(41)39(32)48)21-18-15-16-19-22-36(47)43-38-33(44)23-24-34(38)45/h15-16,18-19,21-22,25-28,46,48H,5-14,17,20,23-24H2,1-4H3,(H,42,49)/b16-15+,21-18+,22-19+,29-25+,30-26+/t28-/m1/s1. The van der Waals surface area contributed by atoms with Crippen LogP contribution < -0.4 is 5.32 Å². The number of carbonyl (C=O) groups excluding carboxylic acids is 4. The van der Waals surface area contributed by atoms with E-state index in [0.717, 1.165) is 18.1 Å². The Morgan fingerprint density at radius 3 is 2.08 bits per heavy atom. The Kier molecular flexibility index (Phi) is 18.9. The Bertz CT molecular complexity index is 1480. The van der Waals surface area contributed by atoms with Gasteiger partial charge in [0.05, 0.1) is 10.7 Å². The maximum absolute atomic E-state index is 12.9. The summed E-state index contributed by atoms with van der Waals surface area (Å²) in [5.74, 6) is -2.28. The van der Waals surface area contributed by atoms with Crippen molar-refractivity contribution in [1.82, 2.24) is 0 Å². The van der Waals surface area contributed by atoms with Crippen molar-refractivity contribution in [1.29, 1.82) is 0 Å². The SMILES string of the molecule is CCCCCCCCCCCCC[C@@H](C)/C=C(C)/C=C(\C)C(=O)Nc1cc(O)c(/C=C/C=C/C=C/C(=O)N=C2C(=O)CCC2=O)c(Cl)c1O. The molecule has 1 saturated carbocycles. The molecule has 0 radical (unpaired) electrons. The van der Waals surface area contributed by atoms with E-state index >= 15 is 0 Å². The number of ketones is 2. The largest absolute Gasteiger partial charge is 0.507 e. The number of nitrogens with zero attached hydrogens (tertiary/aromatic N) is 1. The predicted molar refractivity (Wildman–Crippen MR) is 200 cm³/mol. The van der Waals surface area contributed by atoms with Gasteiger partial charge in [0.2, 0.25) is 0 Å². The lowest BCUT2D eigenvalue weighted by molar-refractivity contribution is -0.116. The fourth-order valence-electron chi connectivity index (χ4n) is 5.54. The van der Waals surface area contributed by atoms with Gasteiger partial charge in [-0.1, -0.05) is 138 Å². The lowest BCUT2D eigenvalue weighted by Gasteiger charge is -2.12. The number of halogens is 1. The highest BCUT2D eigenvalue weighted by Crippen LogP contribution is 2.41. The Hall–Kier alpha value is -4.04. The molecule has 1 atom stereocenters. The number of hydrogen-bond acceptors (Lipinski definition) is 6. The number of carbonyl (C=O) groups is 4. The van der Waals surface area contributed by atoms with E-state index in [1.165, 1.54) is 107 Å². The van der Waals surface area contributed by atoms with Gasteiger partial charge in [-0.3, -0.25) is 19.2 Å². The first-order chi connectivity index (χ1) is 23.4. The Morgan fingerprint density at radius 2 is 1.47 bits per heavy atom. The van der Waals surface area contributed by atoms with Crippen molar-refractivity contribution in [2.45, 2.75) is 118 Å². The second-order valence-electron chi connectivity index (χ2n) is 12.8. The third-order valence-electron chi connectivity index (χ3n) is 8.28. The molecule has 266 valence electrons. The normalized spacial score (nSPS) is 14.9. The summed E-state index contributed by atoms with van der Waals surface area (Å²) in [6.45, 7) is 8.09. The minimum Gasteiger partial charge on any atom is -0.507 e. The van der Waals surface area contributed by atoms with Gasteiger partial charge < -0.3 is 15.5 Å². The van der Waals surface area contributed by atoms with Crippen LogP contribution in [0.25, 0.3) is 6.08 Å². The molecule has 0 aromatic heterocycles. The second-order valence-corrected chi connectivity index (χ2v) is 13.1. The van der Waals surface area contributed by atoms with Gasteiger partial charge in [-0.2, -0.15) is 0 Å². The molecule has 8 nitrogen and oxygen atoms in total. The number of phenolic OH excluding ortho intramolecular Hbond substituents is 2. The maximum Gasteiger partial charge on any atom is 0.270 e. The molecule has 0 heterocycles. The van der Waals surface area contributed by atoms with E-state index in [-0.39, 0.29) is 40.6 Å². The number of amides is 2. The zero-order chi connectivity index (χ0) is 36.2. The van der Waals surface area contributed by atoms with Crippen molar-refractivity contribution < 1.29 is 29.4 Å². The van der Waals surface area contributed by atoms with E-state index < -0.39 is 29.1 Å². The number of hydrogen-bond donors (Lipinski definition) is 3. The van der Waals surface area contributed by atoms with E-state index in [9.17, 15) is 29.4 Å². The Morgan fingerprint density at radius 1 is 0.898 bits per heavy atom. The van der Waals surface area contributed by atoms with Gasteiger partial charge in [0.15, 0.2) is 23.0 Å². The van der Waals surface area contributed by atoms with Crippen molar-refractivity contribution in [2.24, 2.45) is 10.9 Å². The summed E-state index contributed by atoms with van der Waals surface area (Å²) in [5.41, 5.74) is 1.22. The summed E-state index contributed by atoms with van der Waals surface area (Å²) in [4.78, 5) is 51.5. The molecule has 0 spiro atoms. The van der Waals surface area contributed by atoms with Crippen LogP contribution in [0.2, 0.25) is 5.02 Å². The van der Waals surface area contributed by atoms with E-state index in [0.29, 0.717) is 11.5 Å². The maximum atomic E-state index is 12.9. The first kappa shape index (κ1) is 41.1. The highest BCUT2D eigenvalue weighted by atomic mass is 35.5. The zero-order valence-electron chi connectivity index (χ0n) is 29.5. The Labute approximate surface area is 296 Å². The van der Waals surface area contributed by atoms with Crippen molar-refractivity contribution in [3.05, 3.63) is 70.3 Å². The molecule has 0 bridgehead atoms. The van der Waals surface area contributed by atoms with Crippen LogP contribution in [0, 0.1) is 5.92 Å². The lowest BCUT2D eigenvalue weighted by atomic mass is 9.98. The van der Waals surface area contributed by atoms with Crippen molar-refractivity contribution in [3.8, 4) is 11.5 Å². The van der Waals surface area contributed by atoms with E-state index in [1.54, 1.807) is 13.0 Å². The number of benzene rings is 1. The van der Waals surface area contributed by atoms with Crippen LogP contribution in [0.3, 0.4) is 0 Å². The highest BCUT2D eigenvalue weighted by Gasteiger charge is 2.28. The highest BCUT2D eigenvalue weighted by molar-refractivity contribution is 6.70. The minimum absolute atomic E-state index is 0.0262. The average Bonchev–Trinajstić information content (AvgIpc) is 3.37. The molecule has 0 unspecified atom stereocenters. The van der Waals surface area contributed by atoms with Gasteiger partial charge in [0.1, 0.15) is 5.75 Å². The van der Waals surface area contributed by atoms with E-state index in [2.05, 4.69) is 30.2 Å². The molecule has 2 rings (SSSR count). The van der Waals surface area contributed by atoms with Crippen molar-refractivity contribution >= 4 is 52.5 Å². The van der Waals surface area contributed by atoms with Gasteiger partial charge in [-0.05, 0) is 32.3 Å². The number of unbranched alkanes of at least 4 members (excludes halogenated alkanes) is 10. The van der Waals surface area contributed by atoms with Gasteiger partial charge in [0.25, 0.3) is 11.8 Å². The van der Waals surface area contributed by atoms with Gasteiger partial charge in [0, 0.05) is 36.1 Å². The first-order valence-electron chi connectivity index (χ1n) is 17.6. The van der Waals surface area contributed by atoms with Crippen molar-refractivity contribution in [2.75, 3.05) is 5.32 Å². The summed E-state index contributed by atoms with van der Waals surface area (Å²) >= 11 is 6.31. The summed E-state index contributed by atoms with van der Waals surface area (Å²) in [6, 6.07) is 1.22. The van der Waals surface area contributed by atoms with Crippen LogP contribution >= 0.6 is 11.6 Å². The molecule has 49 heavy (non-hydrogen) atoms. The molecule has 0 saturated heterocycles. The molecule has 2 amide bonds. The summed E-state index contributed by atoms with van der Waals surface area (Å²) in [7, 11) is 0. The monoisotopic (exact) mass is 692 g/mol. The smallest absolute Gasteiger partial charge is 0.270 e. The van der Waals surface area contributed by atoms with E-state index in [4.69, 9.17) is 11.6 Å². The molecule has 0 aliphatic heterocycles. The summed E-state index contributed by atoms with van der Waals surface area (Å²) < 4.78 is 0. The first-order valence-corrected chi connectivity index (χ1v) is 17.9. The zero-order valence-corrected chi connectivity index (χ0v) is 30.3. The van der Waals surface area contributed by atoms with Gasteiger partial charge in [-0.15, -0.1) is 0 Å². The molecular weight excluding hydrogens is 640 g/mol. The number of anilines is 1. The molecule has 3 N–H and O–H groups in total. The van der Waals surface area contributed by atoms with E-state index in [1.807, 2.05) is 6.92 Å². The van der Waals surface area contributed by atoms with Crippen LogP contribution in [0.1, 0.15) is 123 Å². The second kappa shape index (κ2) is 22.6. The molecule has 1 fully saturated rings. The number of allylic oxidation sites excluding steroid dienone is 7. The predicted octanol–water partition coefficient (Wildman–Crippen LogP) is 9.94. The summed E-state index contributed by atoms with van der Waals surface area (Å²) in [5, 5.41) is 23.7. The number of rotatable bonds is 20. The number of Topliss-reactive ketones (excluding diaryl/α,β-unsaturated/α-hetero) is 2. The van der Waals surface area contributed by atoms with Gasteiger partial charge >= 0.3 is 0 Å². The van der Waals surface area contributed by atoms with Crippen LogP contribution in [-0.4, -0.2) is 39.3 Å². The third kappa shape index (κ3) is 15.4. The number of aliphatic imine (C=N–C) groups is 1. The molecule has 1 aliphatic rings. The average molecular weight is 693 g/mol. The fraction of sp³-hybridized carbons (Fsp3) is 0.475. The van der Waals surface area contributed by atoms with Crippen LogP contribution in [0.5, 0.6) is 11.5 Å². The molecule has 1 aromatic rings. The van der Waals surface area contributed by atoms with Crippen molar-refractivity contribution in [3.63, 3.8) is 0 Å². The van der Waals surface area contributed by atoms with Crippen LogP contribution in [0.15, 0.2) is 64.7 Å². The molecule has 1 aromatic carbocycles. The topological polar surface area (TPSA) is 133 Å². The van der Waals surface area contributed by atoms with Crippen LogP contribution in [0.4, 0.5) is 5.69 Å². The minimum atomic E-state index is -0.726. The molecule has 1 aliphatic carbocycles. The fourth-order valence-corrected chi connectivity index (χ4v) is 5.80.